The Morgan fingerprint density at radius 3 is 2.63 bits per heavy atom. The van der Waals surface area contributed by atoms with Gasteiger partial charge in [0.05, 0.1) is 11.0 Å². The van der Waals surface area contributed by atoms with Crippen LogP contribution in [0.4, 0.5) is 14.5 Å². The molecule has 0 spiro atoms. The first-order chi connectivity index (χ1) is 8.93. The highest BCUT2D eigenvalue weighted by molar-refractivity contribution is 5.98. The molecule has 1 amide bonds. The number of halogens is 2. The van der Waals surface area contributed by atoms with Crippen molar-refractivity contribution >= 4 is 11.6 Å². The number of carbonyl (C=O) groups is 1. The van der Waals surface area contributed by atoms with Gasteiger partial charge in [-0.3, -0.25) is 14.9 Å². The smallest absolute Gasteiger partial charge is 0.285 e. The number of nitrogens with zero attached hydrogens (tertiary/aromatic N) is 1. The van der Waals surface area contributed by atoms with Gasteiger partial charge in [-0.1, -0.05) is 13.3 Å². The first-order valence-corrected chi connectivity index (χ1v) is 5.88. The average molecular weight is 270 g/mol. The van der Waals surface area contributed by atoms with E-state index in [1.807, 2.05) is 6.92 Å². The molecule has 102 valence electrons. The Balaban J connectivity index is 2.25. The Bertz CT molecular complexity index is 548. The highest BCUT2D eigenvalue weighted by Crippen LogP contribution is 2.33. The van der Waals surface area contributed by atoms with E-state index in [0.29, 0.717) is 18.1 Å². The summed E-state index contributed by atoms with van der Waals surface area (Å²) in [5, 5.41) is 13.3. The Labute approximate surface area is 107 Å². The molecule has 1 aliphatic rings. The van der Waals surface area contributed by atoms with Crippen LogP contribution < -0.4 is 5.32 Å². The molecule has 19 heavy (non-hydrogen) atoms. The normalized spacial score (nSPS) is 21.0. The number of nitrogens with one attached hydrogen (secondary N) is 1. The van der Waals surface area contributed by atoms with Crippen LogP contribution in [0.3, 0.4) is 0 Å². The molecule has 1 fully saturated rings. The maximum atomic E-state index is 13.1. The summed E-state index contributed by atoms with van der Waals surface area (Å²) in [6.45, 7) is 1.97. The van der Waals surface area contributed by atoms with Gasteiger partial charge in [-0.25, -0.2) is 8.78 Å². The molecule has 5 nitrogen and oxygen atoms in total. The molecule has 1 aromatic rings. The van der Waals surface area contributed by atoms with Gasteiger partial charge in [-0.2, -0.15) is 0 Å². The molecule has 2 rings (SSSR count). The molecule has 1 aromatic carbocycles. The predicted octanol–water partition coefficient (Wildman–Crippen LogP) is 2.40. The fourth-order valence-corrected chi connectivity index (χ4v) is 1.99. The molecule has 0 bridgehead atoms. The van der Waals surface area contributed by atoms with Gasteiger partial charge < -0.3 is 5.32 Å². The van der Waals surface area contributed by atoms with Crippen LogP contribution in [0.25, 0.3) is 0 Å². The molecule has 1 aliphatic carbocycles. The van der Waals surface area contributed by atoms with E-state index < -0.39 is 33.7 Å². The molecule has 0 radical (unpaired) electrons. The van der Waals surface area contributed by atoms with Crippen LogP contribution in [-0.2, 0) is 0 Å². The second-order valence-corrected chi connectivity index (χ2v) is 4.52. The number of amides is 1. The zero-order valence-corrected chi connectivity index (χ0v) is 10.2. The van der Waals surface area contributed by atoms with Crippen molar-refractivity contribution in [3.63, 3.8) is 0 Å². The van der Waals surface area contributed by atoms with Gasteiger partial charge in [-0.05, 0) is 18.4 Å². The summed E-state index contributed by atoms with van der Waals surface area (Å²) in [5.74, 6) is -3.01. The molecule has 0 heterocycles. The minimum atomic E-state index is -1.35. The number of hydrogen-bond acceptors (Lipinski definition) is 3. The Kier molecular flexibility index (Phi) is 3.46. The maximum absolute atomic E-state index is 13.1. The minimum Gasteiger partial charge on any atom is -0.349 e. The van der Waals surface area contributed by atoms with Crippen LogP contribution in [0.15, 0.2) is 12.1 Å². The maximum Gasteiger partial charge on any atom is 0.285 e. The van der Waals surface area contributed by atoms with Crippen molar-refractivity contribution < 1.29 is 18.5 Å². The minimum absolute atomic E-state index is 0.0368. The van der Waals surface area contributed by atoms with Gasteiger partial charge >= 0.3 is 0 Å². The summed E-state index contributed by atoms with van der Waals surface area (Å²) in [6.07, 6.45) is 1.70. The lowest BCUT2D eigenvalue weighted by Crippen LogP contribution is -2.27. The van der Waals surface area contributed by atoms with Crippen molar-refractivity contribution in [2.75, 3.05) is 0 Å². The van der Waals surface area contributed by atoms with Crippen molar-refractivity contribution in [2.45, 2.75) is 25.8 Å². The fraction of sp³-hybridized carbons (Fsp3) is 0.417. The third kappa shape index (κ3) is 2.69. The number of carbonyl (C=O) groups excluding carboxylic acids is 1. The molecule has 0 aliphatic heterocycles. The summed E-state index contributed by atoms with van der Waals surface area (Å²) in [4.78, 5) is 21.7. The summed E-state index contributed by atoms with van der Waals surface area (Å²) in [6, 6.07) is 0.950. The molecule has 2 atom stereocenters. The standard InChI is InChI=1S/C12H12F2N2O3/c1-2-6-3-10(6)15-12(17)7-4-8(13)9(14)5-11(7)16(18)19/h4-6,10H,2-3H2,1H3,(H,15,17). The van der Waals surface area contributed by atoms with E-state index in [0.717, 1.165) is 12.8 Å². The molecular formula is C12H12F2N2O3. The van der Waals surface area contributed by atoms with Crippen LogP contribution in [-0.4, -0.2) is 16.9 Å². The number of nitro benzene ring substituents is 1. The summed E-state index contributed by atoms with van der Waals surface area (Å²) in [5.41, 5.74) is -1.18. The van der Waals surface area contributed by atoms with Crippen LogP contribution in [0, 0.1) is 27.7 Å². The topological polar surface area (TPSA) is 72.2 Å². The lowest BCUT2D eigenvalue weighted by Gasteiger charge is -2.05. The molecule has 1 N–H and O–H groups in total. The van der Waals surface area contributed by atoms with E-state index in [2.05, 4.69) is 5.32 Å². The first-order valence-electron chi connectivity index (χ1n) is 5.88. The summed E-state index contributed by atoms with van der Waals surface area (Å²) >= 11 is 0. The second kappa shape index (κ2) is 4.91. The second-order valence-electron chi connectivity index (χ2n) is 4.52. The third-order valence-corrected chi connectivity index (χ3v) is 3.24. The number of rotatable bonds is 4. The van der Waals surface area contributed by atoms with Crippen molar-refractivity contribution in [1.82, 2.24) is 5.32 Å². The van der Waals surface area contributed by atoms with Gasteiger partial charge in [0.15, 0.2) is 11.6 Å². The van der Waals surface area contributed by atoms with Gasteiger partial charge in [-0.15, -0.1) is 0 Å². The van der Waals surface area contributed by atoms with Crippen molar-refractivity contribution in [3.05, 3.63) is 39.4 Å². The highest BCUT2D eigenvalue weighted by atomic mass is 19.2. The number of benzene rings is 1. The Morgan fingerprint density at radius 1 is 1.47 bits per heavy atom. The van der Waals surface area contributed by atoms with E-state index in [4.69, 9.17) is 0 Å². The SMILES string of the molecule is CCC1CC1NC(=O)c1cc(F)c(F)cc1[N+](=O)[O-]. The molecule has 7 heteroatoms. The van der Waals surface area contributed by atoms with Crippen molar-refractivity contribution in [1.29, 1.82) is 0 Å². The van der Waals surface area contributed by atoms with E-state index in [9.17, 15) is 23.7 Å². The van der Waals surface area contributed by atoms with Crippen LogP contribution in [0.1, 0.15) is 30.1 Å². The molecule has 0 saturated heterocycles. The van der Waals surface area contributed by atoms with E-state index in [-0.39, 0.29) is 6.04 Å². The van der Waals surface area contributed by atoms with Gasteiger partial charge in [0.2, 0.25) is 0 Å². The molecular weight excluding hydrogens is 258 g/mol. The zero-order valence-electron chi connectivity index (χ0n) is 10.2. The largest absolute Gasteiger partial charge is 0.349 e. The summed E-state index contributed by atoms with van der Waals surface area (Å²) < 4.78 is 26.1. The predicted molar refractivity (Wildman–Crippen MR) is 62.7 cm³/mol. The average Bonchev–Trinajstić information content (AvgIpc) is 3.10. The van der Waals surface area contributed by atoms with Gasteiger partial charge in [0.25, 0.3) is 11.6 Å². The van der Waals surface area contributed by atoms with Crippen molar-refractivity contribution in [3.8, 4) is 0 Å². The summed E-state index contributed by atoms with van der Waals surface area (Å²) in [7, 11) is 0. The van der Waals surface area contributed by atoms with Gasteiger partial charge in [0, 0.05) is 6.04 Å². The monoisotopic (exact) mass is 270 g/mol. The zero-order chi connectivity index (χ0) is 14.2. The molecule has 2 unspecified atom stereocenters. The highest BCUT2D eigenvalue weighted by Gasteiger charge is 2.37. The number of nitro groups is 1. The van der Waals surface area contributed by atoms with Crippen LogP contribution in [0.2, 0.25) is 0 Å². The lowest BCUT2D eigenvalue weighted by molar-refractivity contribution is -0.385. The van der Waals surface area contributed by atoms with Crippen LogP contribution >= 0.6 is 0 Å². The Morgan fingerprint density at radius 2 is 2.11 bits per heavy atom. The molecule has 0 aromatic heterocycles. The van der Waals surface area contributed by atoms with E-state index >= 15 is 0 Å². The van der Waals surface area contributed by atoms with Crippen molar-refractivity contribution in [2.24, 2.45) is 5.92 Å². The molecule has 1 saturated carbocycles. The van der Waals surface area contributed by atoms with E-state index in [1.165, 1.54) is 0 Å². The van der Waals surface area contributed by atoms with E-state index in [1.54, 1.807) is 0 Å². The van der Waals surface area contributed by atoms with Crippen LogP contribution in [0.5, 0.6) is 0 Å². The Hall–Kier alpha value is -2.05. The first kappa shape index (κ1) is 13.4. The quantitative estimate of drug-likeness (QED) is 0.674. The lowest BCUT2D eigenvalue weighted by atomic mass is 10.1. The van der Waals surface area contributed by atoms with Gasteiger partial charge in [0.1, 0.15) is 5.56 Å². The fourth-order valence-electron chi connectivity index (χ4n) is 1.99. The number of hydrogen-bond donors (Lipinski definition) is 1. The third-order valence-electron chi connectivity index (χ3n) is 3.24.